The number of hydrogen-bond donors (Lipinski definition) is 1. The van der Waals surface area contributed by atoms with Gasteiger partial charge in [-0.05, 0) is 56.0 Å². The van der Waals surface area contributed by atoms with E-state index >= 15 is 0 Å². The molecule has 1 unspecified atom stereocenters. The lowest BCUT2D eigenvalue weighted by Crippen LogP contribution is -2.43. The number of aliphatic imine (C=N–C) groups is 1. The van der Waals surface area contributed by atoms with Crippen LogP contribution in [0.5, 0.6) is 5.88 Å². The van der Waals surface area contributed by atoms with Crippen LogP contribution in [0.2, 0.25) is 0 Å². The second-order valence-electron chi connectivity index (χ2n) is 7.20. The van der Waals surface area contributed by atoms with Crippen LogP contribution in [0.25, 0.3) is 0 Å². The van der Waals surface area contributed by atoms with Gasteiger partial charge in [0, 0.05) is 23.5 Å². The Morgan fingerprint density at radius 3 is 2.59 bits per heavy atom. The molecule has 1 fully saturated rings. The van der Waals surface area contributed by atoms with Crippen molar-refractivity contribution >= 4 is 11.6 Å². The van der Waals surface area contributed by atoms with E-state index in [9.17, 15) is 8.78 Å². The van der Waals surface area contributed by atoms with Crippen LogP contribution in [0.4, 0.5) is 14.5 Å². The first-order chi connectivity index (χ1) is 13.9. The van der Waals surface area contributed by atoms with E-state index in [4.69, 9.17) is 9.73 Å². The number of pyridine rings is 1. The molecule has 0 bridgehead atoms. The molecule has 1 aromatic heterocycles. The monoisotopic (exact) mass is 396 g/mol. The zero-order valence-corrected chi connectivity index (χ0v) is 16.6. The van der Waals surface area contributed by atoms with Gasteiger partial charge in [-0.1, -0.05) is 6.58 Å². The van der Waals surface area contributed by atoms with Crippen LogP contribution >= 0.6 is 0 Å². The second-order valence-corrected chi connectivity index (χ2v) is 7.20. The molecule has 0 spiro atoms. The number of aromatic nitrogens is 1. The highest BCUT2D eigenvalue weighted by molar-refractivity contribution is 5.89. The number of fused-ring (bicyclic) bond motifs is 1. The number of nitrogens with one attached hydrogen (secondary N) is 1. The van der Waals surface area contributed by atoms with Gasteiger partial charge in [0.25, 0.3) is 0 Å². The first-order valence-corrected chi connectivity index (χ1v) is 9.39. The molecule has 0 amide bonds. The van der Waals surface area contributed by atoms with Crippen molar-refractivity contribution in [1.29, 1.82) is 0 Å². The maximum Gasteiger partial charge on any atom is 0.213 e. The summed E-state index contributed by atoms with van der Waals surface area (Å²) in [5.74, 6) is -0.0922. The summed E-state index contributed by atoms with van der Waals surface area (Å²) >= 11 is 0. The Bertz CT molecular complexity index is 1040. The Kier molecular flexibility index (Phi) is 4.82. The molecular formula is C22H22F2N4O. The van der Waals surface area contributed by atoms with Crippen LogP contribution in [0.15, 0.2) is 58.9 Å². The van der Waals surface area contributed by atoms with Crippen LogP contribution in [0.3, 0.4) is 0 Å². The number of benzene rings is 1. The Morgan fingerprint density at radius 1 is 1.21 bits per heavy atom. The minimum atomic E-state index is -0.586. The van der Waals surface area contributed by atoms with Crippen LogP contribution in [0.1, 0.15) is 37.1 Å². The molecule has 2 aliphatic rings. The number of nitrogens with zero attached hydrogens (tertiary/aromatic N) is 3. The third-order valence-corrected chi connectivity index (χ3v) is 5.37. The van der Waals surface area contributed by atoms with Gasteiger partial charge in [0.2, 0.25) is 11.8 Å². The summed E-state index contributed by atoms with van der Waals surface area (Å²) in [5.41, 5.74) is 4.81. The van der Waals surface area contributed by atoms with Crippen LogP contribution < -0.4 is 10.1 Å². The summed E-state index contributed by atoms with van der Waals surface area (Å²) in [6.45, 7) is 7.93. The summed E-state index contributed by atoms with van der Waals surface area (Å²) in [7, 11) is 1.56. The Morgan fingerprint density at radius 2 is 1.93 bits per heavy atom. The summed E-state index contributed by atoms with van der Waals surface area (Å²) in [4.78, 5) is 11.2. The molecule has 2 aromatic rings. The average Bonchev–Trinajstić information content (AvgIpc) is 3.12. The molecular weight excluding hydrogens is 374 g/mol. The molecule has 1 N–H and O–H groups in total. The van der Waals surface area contributed by atoms with Gasteiger partial charge in [-0.2, -0.15) is 0 Å². The summed E-state index contributed by atoms with van der Waals surface area (Å²) < 4.78 is 32.9. The number of rotatable bonds is 3. The van der Waals surface area contributed by atoms with E-state index in [1.807, 2.05) is 24.8 Å². The fourth-order valence-electron chi connectivity index (χ4n) is 3.86. The average molecular weight is 396 g/mol. The molecule has 1 aromatic carbocycles. The van der Waals surface area contributed by atoms with Crippen LogP contribution in [-0.2, 0) is 0 Å². The Hall–Kier alpha value is -3.22. The lowest BCUT2D eigenvalue weighted by Gasteiger charge is -2.35. The molecule has 0 aliphatic carbocycles. The summed E-state index contributed by atoms with van der Waals surface area (Å²) in [5, 5.41) is 3.25. The first kappa shape index (κ1) is 19.1. The number of methoxy groups -OCH3 is 1. The highest BCUT2D eigenvalue weighted by Gasteiger charge is 2.37. The number of hydrogen-bond acceptors (Lipinski definition) is 3. The van der Waals surface area contributed by atoms with Crippen molar-refractivity contribution in [1.82, 2.24) is 15.2 Å². The van der Waals surface area contributed by atoms with Crippen molar-refractivity contribution in [2.45, 2.75) is 32.7 Å². The number of halogens is 2. The number of allylic oxidation sites excluding steroid dienone is 2. The standard InChI is InChI=1S/C22H22F2N4O/c1-12-13(2)26-22(27-18-5-8-21(29-4)25-14(18)3)28-19(12)6-7-20(28)15-9-16(23)11-17(24)10-15/h5,8-11,20H,2,6-7H2,1,3-4H3,(H,26,27). The molecule has 150 valence electrons. The van der Waals surface area contributed by atoms with E-state index in [-0.39, 0.29) is 6.04 Å². The first-order valence-electron chi connectivity index (χ1n) is 9.39. The Labute approximate surface area is 168 Å². The highest BCUT2D eigenvalue weighted by Crippen LogP contribution is 2.43. The van der Waals surface area contributed by atoms with Crippen molar-refractivity contribution in [3.63, 3.8) is 0 Å². The van der Waals surface area contributed by atoms with E-state index in [0.29, 0.717) is 28.8 Å². The van der Waals surface area contributed by atoms with Gasteiger partial charge in [-0.3, -0.25) is 0 Å². The van der Waals surface area contributed by atoms with Crippen molar-refractivity contribution < 1.29 is 13.5 Å². The van der Waals surface area contributed by atoms with Crippen molar-refractivity contribution in [3.05, 3.63) is 76.8 Å². The number of ether oxygens (including phenoxy) is 1. The SMILES string of the molecule is C=C1NC(=Nc2ccc(OC)nc2C)N2C(=C1C)CCC2c1cc(F)cc(F)c1. The van der Waals surface area contributed by atoms with Crippen LogP contribution in [0, 0.1) is 18.6 Å². The van der Waals surface area contributed by atoms with E-state index in [2.05, 4.69) is 16.9 Å². The van der Waals surface area contributed by atoms with Crippen molar-refractivity contribution in [2.75, 3.05) is 7.11 Å². The van der Waals surface area contributed by atoms with Gasteiger partial charge in [-0.25, -0.2) is 18.8 Å². The molecule has 2 aliphatic heterocycles. The van der Waals surface area contributed by atoms with E-state index in [0.717, 1.165) is 35.9 Å². The number of guanidine groups is 1. The quantitative estimate of drug-likeness (QED) is 0.802. The molecule has 4 rings (SSSR count). The van der Waals surface area contributed by atoms with Crippen molar-refractivity contribution in [2.24, 2.45) is 4.99 Å². The van der Waals surface area contributed by atoms with E-state index in [1.165, 1.54) is 12.1 Å². The third kappa shape index (κ3) is 3.48. The van der Waals surface area contributed by atoms with Gasteiger partial charge in [-0.15, -0.1) is 0 Å². The minimum Gasteiger partial charge on any atom is -0.481 e. The molecule has 3 heterocycles. The van der Waals surface area contributed by atoms with Crippen LogP contribution in [-0.4, -0.2) is 23.0 Å². The lowest BCUT2D eigenvalue weighted by molar-refractivity contribution is 0.397. The fourth-order valence-corrected chi connectivity index (χ4v) is 3.86. The topological polar surface area (TPSA) is 49.8 Å². The smallest absolute Gasteiger partial charge is 0.213 e. The molecule has 0 radical (unpaired) electrons. The second kappa shape index (κ2) is 7.31. The predicted octanol–water partition coefficient (Wildman–Crippen LogP) is 4.89. The molecule has 1 saturated heterocycles. The third-order valence-electron chi connectivity index (χ3n) is 5.37. The van der Waals surface area contributed by atoms with Gasteiger partial charge in [0.15, 0.2) is 0 Å². The molecule has 5 nitrogen and oxygen atoms in total. The summed E-state index contributed by atoms with van der Waals surface area (Å²) in [6.07, 6.45) is 1.50. The molecule has 7 heteroatoms. The van der Waals surface area contributed by atoms with E-state index in [1.54, 1.807) is 13.2 Å². The zero-order chi connectivity index (χ0) is 20.7. The largest absolute Gasteiger partial charge is 0.481 e. The maximum absolute atomic E-state index is 13.9. The molecule has 29 heavy (non-hydrogen) atoms. The lowest BCUT2D eigenvalue weighted by atomic mass is 10.0. The maximum atomic E-state index is 13.9. The van der Waals surface area contributed by atoms with Crippen molar-refractivity contribution in [3.8, 4) is 5.88 Å². The summed E-state index contributed by atoms with van der Waals surface area (Å²) in [6, 6.07) is 7.00. The normalized spacial score (nSPS) is 20.2. The number of aryl methyl sites for hydroxylation is 1. The van der Waals surface area contributed by atoms with Gasteiger partial charge < -0.3 is 15.0 Å². The minimum absolute atomic E-state index is 0.226. The van der Waals surface area contributed by atoms with E-state index < -0.39 is 11.6 Å². The zero-order valence-electron chi connectivity index (χ0n) is 16.6. The fraction of sp³-hybridized carbons (Fsp3) is 0.273. The van der Waals surface area contributed by atoms with Gasteiger partial charge in [0.1, 0.15) is 11.6 Å². The molecule has 0 saturated carbocycles. The molecule has 1 atom stereocenters. The van der Waals surface area contributed by atoms with Gasteiger partial charge in [0.05, 0.1) is 24.5 Å². The Balaban J connectivity index is 1.80. The van der Waals surface area contributed by atoms with Gasteiger partial charge >= 0.3 is 0 Å². The highest BCUT2D eigenvalue weighted by atomic mass is 19.1. The predicted molar refractivity (Wildman–Crippen MR) is 108 cm³/mol.